The van der Waals surface area contributed by atoms with E-state index in [0.717, 1.165) is 0 Å². The Morgan fingerprint density at radius 1 is 1.11 bits per heavy atom. The molecule has 0 saturated carbocycles. The minimum atomic E-state index is -5.14. The molecule has 1 aliphatic heterocycles. The summed E-state index contributed by atoms with van der Waals surface area (Å²) in [5.41, 5.74) is -4.15. The second kappa shape index (κ2) is 3.48. The van der Waals surface area contributed by atoms with Gasteiger partial charge in [0.1, 0.15) is 5.75 Å². The van der Waals surface area contributed by atoms with Gasteiger partial charge in [-0.05, 0) is 16.8 Å². The molecule has 0 aliphatic carbocycles. The van der Waals surface area contributed by atoms with Crippen LogP contribution in [0.3, 0.4) is 0 Å². The van der Waals surface area contributed by atoms with Crippen molar-refractivity contribution in [2.24, 2.45) is 0 Å². The molecule has 0 unspecified atom stereocenters. The standard InChI is InChI=1S/C13H7F3O3/c14-13(15,16)12(18)10-8-4-2-1-3-7(8)5-6-9(10)19-11(12)17/h1-6,18H/t12-/m1/s1. The molecule has 19 heavy (non-hydrogen) atoms. The number of halogens is 3. The first-order chi connectivity index (χ1) is 8.85. The molecule has 1 N–H and O–H groups in total. The number of ether oxygens (including phenoxy) is 1. The predicted molar refractivity (Wildman–Crippen MR) is 59.5 cm³/mol. The molecule has 0 spiro atoms. The quantitative estimate of drug-likeness (QED) is 0.590. The number of fused-ring (bicyclic) bond motifs is 3. The van der Waals surface area contributed by atoms with Crippen LogP contribution in [0.1, 0.15) is 5.56 Å². The van der Waals surface area contributed by atoms with Crippen molar-refractivity contribution in [3.05, 3.63) is 42.0 Å². The van der Waals surface area contributed by atoms with Crippen molar-refractivity contribution in [1.82, 2.24) is 0 Å². The predicted octanol–water partition coefficient (Wildman–Crippen LogP) is 2.51. The van der Waals surface area contributed by atoms with Crippen LogP contribution in [0.2, 0.25) is 0 Å². The highest BCUT2D eigenvalue weighted by Gasteiger charge is 2.67. The third kappa shape index (κ3) is 1.40. The lowest BCUT2D eigenvalue weighted by Crippen LogP contribution is -2.47. The van der Waals surface area contributed by atoms with Crippen LogP contribution in [0.25, 0.3) is 10.8 Å². The van der Waals surface area contributed by atoms with Crippen molar-refractivity contribution < 1.29 is 27.8 Å². The maximum Gasteiger partial charge on any atom is 0.432 e. The highest BCUT2D eigenvalue weighted by molar-refractivity contribution is 5.99. The van der Waals surface area contributed by atoms with Crippen LogP contribution < -0.4 is 4.74 Å². The summed E-state index contributed by atoms with van der Waals surface area (Å²) >= 11 is 0. The first kappa shape index (κ1) is 12.0. The van der Waals surface area contributed by atoms with E-state index in [9.17, 15) is 23.1 Å². The normalized spacial score (nSPS) is 22.4. The molecule has 98 valence electrons. The number of alkyl halides is 3. The molecule has 0 aromatic heterocycles. The van der Waals surface area contributed by atoms with Crippen LogP contribution in [-0.4, -0.2) is 17.3 Å². The van der Waals surface area contributed by atoms with Gasteiger partial charge in [0.25, 0.3) is 5.60 Å². The number of hydrogen-bond acceptors (Lipinski definition) is 3. The summed E-state index contributed by atoms with van der Waals surface area (Å²) in [6, 6.07) is 8.96. The summed E-state index contributed by atoms with van der Waals surface area (Å²) in [5, 5.41) is 10.5. The van der Waals surface area contributed by atoms with Crippen molar-refractivity contribution in [3.63, 3.8) is 0 Å². The van der Waals surface area contributed by atoms with Crippen molar-refractivity contribution in [2.75, 3.05) is 0 Å². The molecule has 0 bridgehead atoms. The lowest BCUT2D eigenvalue weighted by molar-refractivity contribution is -0.258. The largest absolute Gasteiger partial charge is 0.432 e. The van der Waals surface area contributed by atoms with Crippen LogP contribution in [-0.2, 0) is 10.4 Å². The number of rotatable bonds is 0. The Hall–Kier alpha value is -2.08. The number of hydrogen-bond donors (Lipinski definition) is 1. The summed E-state index contributed by atoms with van der Waals surface area (Å²) in [6.45, 7) is 0. The fourth-order valence-electron chi connectivity index (χ4n) is 2.24. The Labute approximate surface area is 105 Å². The Kier molecular flexibility index (Phi) is 2.19. The van der Waals surface area contributed by atoms with Crippen LogP contribution >= 0.6 is 0 Å². The zero-order valence-electron chi connectivity index (χ0n) is 9.36. The van der Waals surface area contributed by atoms with Crippen molar-refractivity contribution >= 4 is 16.7 Å². The monoisotopic (exact) mass is 268 g/mol. The first-order valence-corrected chi connectivity index (χ1v) is 5.39. The maximum absolute atomic E-state index is 13.1. The van der Waals surface area contributed by atoms with Crippen LogP contribution in [0.15, 0.2) is 36.4 Å². The molecule has 1 atom stereocenters. The lowest BCUT2D eigenvalue weighted by Gasteiger charge is -2.23. The van der Waals surface area contributed by atoms with Crippen molar-refractivity contribution in [3.8, 4) is 5.75 Å². The van der Waals surface area contributed by atoms with E-state index in [-0.39, 0.29) is 11.1 Å². The minimum Gasteiger partial charge on any atom is -0.423 e. The van der Waals surface area contributed by atoms with Crippen LogP contribution in [0.4, 0.5) is 13.2 Å². The molecule has 0 saturated heterocycles. The molecule has 2 aromatic rings. The van der Waals surface area contributed by atoms with Gasteiger partial charge < -0.3 is 9.84 Å². The van der Waals surface area contributed by atoms with Crippen molar-refractivity contribution in [1.29, 1.82) is 0 Å². The van der Waals surface area contributed by atoms with E-state index < -0.39 is 23.3 Å². The maximum atomic E-state index is 13.1. The Balaban J connectivity index is 2.42. The fourth-order valence-corrected chi connectivity index (χ4v) is 2.24. The molecule has 2 aromatic carbocycles. The highest BCUT2D eigenvalue weighted by atomic mass is 19.4. The number of carbonyl (C=O) groups excluding carboxylic acids is 1. The average Bonchev–Trinajstić information content (AvgIpc) is 2.62. The average molecular weight is 268 g/mol. The second-order valence-electron chi connectivity index (χ2n) is 4.26. The summed E-state index contributed by atoms with van der Waals surface area (Å²) in [4.78, 5) is 11.5. The second-order valence-corrected chi connectivity index (χ2v) is 4.26. The molecular formula is C13H7F3O3. The van der Waals surface area contributed by atoms with E-state index in [1.54, 1.807) is 12.1 Å². The molecule has 3 nitrogen and oxygen atoms in total. The highest BCUT2D eigenvalue weighted by Crippen LogP contribution is 2.50. The van der Waals surface area contributed by atoms with Crippen LogP contribution in [0, 0.1) is 0 Å². The van der Waals surface area contributed by atoms with E-state index in [1.807, 2.05) is 0 Å². The van der Waals surface area contributed by atoms with E-state index in [2.05, 4.69) is 4.74 Å². The van der Waals surface area contributed by atoms with Gasteiger partial charge in [-0.1, -0.05) is 30.3 Å². The van der Waals surface area contributed by atoms with E-state index in [4.69, 9.17) is 0 Å². The van der Waals surface area contributed by atoms with E-state index in [1.165, 1.54) is 24.3 Å². The van der Waals surface area contributed by atoms with Gasteiger partial charge in [-0.15, -0.1) is 0 Å². The van der Waals surface area contributed by atoms with E-state index >= 15 is 0 Å². The Morgan fingerprint density at radius 3 is 2.47 bits per heavy atom. The molecule has 0 radical (unpaired) electrons. The smallest absolute Gasteiger partial charge is 0.423 e. The zero-order chi connectivity index (χ0) is 13.8. The summed E-state index contributed by atoms with van der Waals surface area (Å²) < 4.78 is 43.7. The Bertz CT molecular complexity index is 693. The third-order valence-electron chi connectivity index (χ3n) is 3.16. The molecule has 3 rings (SSSR count). The molecular weight excluding hydrogens is 261 g/mol. The van der Waals surface area contributed by atoms with Crippen molar-refractivity contribution in [2.45, 2.75) is 11.8 Å². The molecule has 0 fully saturated rings. The van der Waals surface area contributed by atoms with Gasteiger partial charge in [-0.25, -0.2) is 4.79 Å². The molecule has 6 heteroatoms. The summed E-state index contributed by atoms with van der Waals surface area (Å²) in [7, 11) is 0. The number of esters is 1. The number of aliphatic hydroxyl groups is 1. The Morgan fingerprint density at radius 2 is 1.79 bits per heavy atom. The van der Waals surface area contributed by atoms with Gasteiger partial charge >= 0.3 is 12.1 Å². The van der Waals surface area contributed by atoms with Gasteiger partial charge in [0.15, 0.2) is 0 Å². The molecule has 1 aliphatic rings. The SMILES string of the molecule is O=C1Oc2ccc3ccccc3c2[C@]1(O)C(F)(F)F. The third-order valence-corrected chi connectivity index (χ3v) is 3.16. The van der Waals surface area contributed by atoms with Gasteiger partial charge in [0.2, 0.25) is 0 Å². The van der Waals surface area contributed by atoms with Gasteiger partial charge in [-0.3, -0.25) is 0 Å². The number of carbonyl (C=O) groups is 1. The lowest BCUT2D eigenvalue weighted by atomic mass is 9.90. The molecule has 1 heterocycles. The van der Waals surface area contributed by atoms with E-state index in [0.29, 0.717) is 5.39 Å². The van der Waals surface area contributed by atoms with Gasteiger partial charge in [0.05, 0.1) is 5.56 Å². The fraction of sp³-hybridized carbons (Fsp3) is 0.154. The van der Waals surface area contributed by atoms with Crippen LogP contribution in [0.5, 0.6) is 5.75 Å². The summed E-state index contributed by atoms with van der Waals surface area (Å²) in [6.07, 6.45) is -5.14. The number of benzene rings is 2. The minimum absolute atomic E-state index is 0.144. The van der Waals surface area contributed by atoms with Gasteiger partial charge in [-0.2, -0.15) is 13.2 Å². The van der Waals surface area contributed by atoms with Gasteiger partial charge in [0, 0.05) is 0 Å². The zero-order valence-corrected chi connectivity index (χ0v) is 9.36. The molecule has 0 amide bonds. The first-order valence-electron chi connectivity index (χ1n) is 5.39. The summed E-state index contributed by atoms with van der Waals surface area (Å²) in [5.74, 6) is -1.98. The topological polar surface area (TPSA) is 46.5 Å².